The van der Waals surface area contributed by atoms with E-state index in [1.165, 1.54) is 38.0 Å². The van der Waals surface area contributed by atoms with E-state index in [2.05, 4.69) is 28.4 Å². The standard InChI is InChI=1S/C21H25ClN2O.2ClH/c22-19-7-5-16(6-8-19)15-25-21-4-2-1-3-18(21)13-23-20-14-24-11-9-17(20)10-12-24;;/h1-8,17,20,23H,9-15H2;2*1H. The van der Waals surface area contributed by atoms with Gasteiger partial charge >= 0.3 is 0 Å². The number of nitrogens with one attached hydrogen (secondary N) is 1. The maximum Gasteiger partial charge on any atom is 0.124 e. The molecule has 0 saturated carbocycles. The number of hydrogen-bond acceptors (Lipinski definition) is 3. The monoisotopic (exact) mass is 428 g/mol. The molecule has 3 saturated heterocycles. The first-order chi connectivity index (χ1) is 12.3. The van der Waals surface area contributed by atoms with Gasteiger partial charge in [0.1, 0.15) is 12.4 Å². The predicted molar refractivity (Wildman–Crippen MR) is 117 cm³/mol. The molecule has 0 aliphatic carbocycles. The molecule has 2 bridgehead atoms. The molecular formula is C21H27Cl3N2O. The molecule has 0 aromatic heterocycles. The average Bonchev–Trinajstić information content (AvgIpc) is 2.67. The summed E-state index contributed by atoms with van der Waals surface area (Å²) in [5.74, 6) is 1.80. The summed E-state index contributed by atoms with van der Waals surface area (Å²) in [5.41, 5.74) is 2.36. The van der Waals surface area contributed by atoms with Gasteiger partial charge in [0.05, 0.1) is 0 Å². The molecule has 3 nitrogen and oxygen atoms in total. The molecule has 3 heterocycles. The number of nitrogens with zero attached hydrogens (tertiary/aromatic N) is 1. The van der Waals surface area contributed by atoms with Gasteiger partial charge < -0.3 is 15.0 Å². The quantitative estimate of drug-likeness (QED) is 0.703. The summed E-state index contributed by atoms with van der Waals surface area (Å²) in [6.07, 6.45) is 2.68. The van der Waals surface area contributed by atoms with Gasteiger partial charge in [-0.3, -0.25) is 0 Å². The molecule has 3 fully saturated rings. The van der Waals surface area contributed by atoms with Gasteiger partial charge in [0.25, 0.3) is 0 Å². The average molecular weight is 430 g/mol. The number of fused-ring (bicyclic) bond motifs is 3. The zero-order valence-corrected chi connectivity index (χ0v) is 17.7. The number of ether oxygens (including phenoxy) is 1. The van der Waals surface area contributed by atoms with E-state index in [-0.39, 0.29) is 24.8 Å². The highest BCUT2D eigenvalue weighted by molar-refractivity contribution is 6.30. The Kier molecular flexibility index (Phi) is 8.71. The first-order valence-corrected chi connectivity index (χ1v) is 9.56. The lowest BCUT2D eigenvalue weighted by Gasteiger charge is -2.45. The normalized spacial score (nSPS) is 23.2. The van der Waals surface area contributed by atoms with Gasteiger partial charge in [0, 0.05) is 29.7 Å². The van der Waals surface area contributed by atoms with E-state index in [1.807, 2.05) is 30.3 Å². The number of para-hydroxylation sites is 1. The SMILES string of the molecule is Cl.Cl.Clc1ccc(COc2ccccc2CNC2CN3CCC2CC3)cc1. The molecule has 1 unspecified atom stereocenters. The van der Waals surface area contributed by atoms with Crippen LogP contribution in [0.25, 0.3) is 0 Å². The largest absolute Gasteiger partial charge is 0.489 e. The second-order valence-corrected chi connectivity index (χ2v) is 7.58. The molecule has 148 valence electrons. The molecule has 5 rings (SSSR count). The Morgan fingerprint density at radius 3 is 2.37 bits per heavy atom. The van der Waals surface area contributed by atoms with Crippen LogP contribution in [-0.4, -0.2) is 30.6 Å². The number of piperidine rings is 3. The smallest absolute Gasteiger partial charge is 0.124 e. The summed E-state index contributed by atoms with van der Waals surface area (Å²) in [7, 11) is 0. The predicted octanol–water partition coefficient (Wildman–Crippen LogP) is 4.95. The summed E-state index contributed by atoms with van der Waals surface area (Å²) in [6.45, 7) is 5.19. The van der Waals surface area contributed by atoms with Gasteiger partial charge in [0.2, 0.25) is 0 Å². The highest BCUT2D eigenvalue weighted by Gasteiger charge is 2.33. The van der Waals surface area contributed by atoms with Gasteiger partial charge in [-0.15, -0.1) is 24.8 Å². The van der Waals surface area contributed by atoms with E-state index < -0.39 is 0 Å². The fraction of sp³-hybridized carbons (Fsp3) is 0.429. The Labute approximate surface area is 179 Å². The number of rotatable bonds is 6. The number of hydrogen-bond donors (Lipinski definition) is 1. The van der Waals surface area contributed by atoms with Crippen molar-refractivity contribution >= 4 is 36.4 Å². The van der Waals surface area contributed by atoms with E-state index in [0.29, 0.717) is 12.6 Å². The van der Waals surface area contributed by atoms with E-state index in [1.54, 1.807) is 0 Å². The van der Waals surface area contributed by atoms with Crippen molar-refractivity contribution in [2.45, 2.75) is 32.0 Å². The van der Waals surface area contributed by atoms with Crippen LogP contribution in [0.4, 0.5) is 0 Å². The minimum Gasteiger partial charge on any atom is -0.489 e. The summed E-state index contributed by atoms with van der Waals surface area (Å²) < 4.78 is 6.07. The molecule has 2 aromatic carbocycles. The summed E-state index contributed by atoms with van der Waals surface area (Å²) in [4.78, 5) is 2.58. The van der Waals surface area contributed by atoms with Gasteiger partial charge in [-0.2, -0.15) is 0 Å². The van der Waals surface area contributed by atoms with Crippen molar-refractivity contribution in [1.29, 1.82) is 0 Å². The minimum atomic E-state index is 0. The zero-order chi connectivity index (χ0) is 17.1. The number of benzene rings is 2. The van der Waals surface area contributed by atoms with Crippen molar-refractivity contribution in [3.8, 4) is 5.75 Å². The fourth-order valence-corrected chi connectivity index (χ4v) is 4.10. The lowest BCUT2D eigenvalue weighted by Crippen LogP contribution is -2.55. The van der Waals surface area contributed by atoms with Crippen molar-refractivity contribution < 1.29 is 4.74 Å². The van der Waals surface area contributed by atoms with Crippen LogP contribution in [-0.2, 0) is 13.2 Å². The fourth-order valence-electron chi connectivity index (χ4n) is 3.97. The molecular weight excluding hydrogens is 403 g/mol. The van der Waals surface area contributed by atoms with Crippen molar-refractivity contribution in [2.24, 2.45) is 5.92 Å². The maximum atomic E-state index is 6.07. The van der Waals surface area contributed by atoms with Crippen LogP contribution >= 0.6 is 36.4 Å². The van der Waals surface area contributed by atoms with Crippen LogP contribution in [0.5, 0.6) is 5.75 Å². The Balaban J connectivity index is 0.00000131. The third kappa shape index (κ3) is 5.75. The van der Waals surface area contributed by atoms with Crippen LogP contribution in [0.15, 0.2) is 48.5 Å². The van der Waals surface area contributed by atoms with Gasteiger partial charge in [0.15, 0.2) is 0 Å². The highest BCUT2D eigenvalue weighted by Crippen LogP contribution is 2.28. The maximum absolute atomic E-state index is 6.07. The zero-order valence-electron chi connectivity index (χ0n) is 15.3. The molecule has 1 N–H and O–H groups in total. The first-order valence-electron chi connectivity index (χ1n) is 9.19. The van der Waals surface area contributed by atoms with Gasteiger partial charge in [-0.1, -0.05) is 41.9 Å². The molecule has 0 spiro atoms. The lowest BCUT2D eigenvalue weighted by atomic mass is 9.84. The van der Waals surface area contributed by atoms with Crippen LogP contribution < -0.4 is 10.1 Å². The summed E-state index contributed by atoms with van der Waals surface area (Å²) >= 11 is 5.94. The molecule has 0 radical (unpaired) electrons. The van der Waals surface area contributed by atoms with Crippen LogP contribution in [0.1, 0.15) is 24.0 Å². The summed E-state index contributed by atoms with van der Waals surface area (Å²) in [5, 5.41) is 4.53. The molecule has 3 aliphatic heterocycles. The van der Waals surface area contributed by atoms with E-state index in [0.717, 1.165) is 28.8 Å². The second-order valence-electron chi connectivity index (χ2n) is 7.15. The topological polar surface area (TPSA) is 24.5 Å². The Hall–Kier alpha value is -0.970. The summed E-state index contributed by atoms with van der Waals surface area (Å²) in [6, 6.07) is 16.8. The Morgan fingerprint density at radius 2 is 1.70 bits per heavy atom. The Morgan fingerprint density at radius 1 is 1.00 bits per heavy atom. The Bertz CT molecular complexity index is 703. The molecule has 1 atom stereocenters. The molecule has 3 aliphatic rings. The third-order valence-electron chi connectivity index (χ3n) is 5.49. The van der Waals surface area contributed by atoms with E-state index >= 15 is 0 Å². The highest BCUT2D eigenvalue weighted by atomic mass is 35.5. The lowest BCUT2D eigenvalue weighted by molar-refractivity contribution is 0.0718. The van der Waals surface area contributed by atoms with E-state index in [9.17, 15) is 0 Å². The van der Waals surface area contributed by atoms with E-state index in [4.69, 9.17) is 16.3 Å². The molecule has 0 amide bonds. The number of halogens is 3. The molecule has 27 heavy (non-hydrogen) atoms. The van der Waals surface area contributed by atoms with Crippen molar-refractivity contribution in [1.82, 2.24) is 10.2 Å². The van der Waals surface area contributed by atoms with Gasteiger partial charge in [-0.25, -0.2) is 0 Å². The molecule has 6 heteroatoms. The van der Waals surface area contributed by atoms with Crippen molar-refractivity contribution in [3.05, 3.63) is 64.7 Å². The van der Waals surface area contributed by atoms with Crippen LogP contribution in [0.2, 0.25) is 5.02 Å². The second kappa shape index (κ2) is 10.5. The van der Waals surface area contributed by atoms with Crippen LogP contribution in [0.3, 0.4) is 0 Å². The van der Waals surface area contributed by atoms with Gasteiger partial charge in [-0.05, 0) is 55.6 Å². The molecule has 2 aromatic rings. The first kappa shape index (κ1) is 22.3. The third-order valence-corrected chi connectivity index (χ3v) is 5.74. The van der Waals surface area contributed by atoms with Crippen molar-refractivity contribution in [2.75, 3.05) is 19.6 Å². The van der Waals surface area contributed by atoms with Crippen molar-refractivity contribution in [3.63, 3.8) is 0 Å². The van der Waals surface area contributed by atoms with Crippen LogP contribution in [0, 0.1) is 5.92 Å². The minimum absolute atomic E-state index is 0.